The number of nitrogens with one attached hydrogen (secondary N) is 2. The molecule has 1 saturated heterocycles. The van der Waals surface area contributed by atoms with Crippen molar-refractivity contribution in [1.82, 2.24) is 25.3 Å². The van der Waals surface area contributed by atoms with Crippen LogP contribution in [0.1, 0.15) is 50.3 Å². The van der Waals surface area contributed by atoms with Crippen molar-refractivity contribution in [3.8, 4) is 0 Å². The summed E-state index contributed by atoms with van der Waals surface area (Å²) in [5.41, 5.74) is 2.29. The maximum absolute atomic E-state index is 10.8. The summed E-state index contributed by atoms with van der Waals surface area (Å²) >= 11 is 0. The molecule has 0 radical (unpaired) electrons. The third-order valence-electron chi connectivity index (χ3n) is 5.96. The summed E-state index contributed by atoms with van der Waals surface area (Å²) in [7, 11) is 1.85. The molecule has 2 heterocycles. The molecule has 7 heteroatoms. The summed E-state index contributed by atoms with van der Waals surface area (Å²) in [6.07, 6.45) is 6.12. The molecule has 1 aromatic carbocycles. The van der Waals surface area contributed by atoms with Crippen LogP contribution in [0.4, 0.5) is 0 Å². The molecule has 3 N–H and O–H groups in total. The van der Waals surface area contributed by atoms with Crippen LogP contribution in [-0.4, -0.2) is 51.9 Å². The van der Waals surface area contributed by atoms with Gasteiger partial charge in [-0.3, -0.25) is 9.58 Å². The predicted octanol–water partition coefficient (Wildman–Crippen LogP) is 2.61. The number of aryl methyl sites for hydroxylation is 1. The molecule has 1 aromatic heterocycles. The van der Waals surface area contributed by atoms with Crippen molar-refractivity contribution in [2.45, 2.75) is 52.3 Å². The van der Waals surface area contributed by atoms with Crippen LogP contribution in [0.5, 0.6) is 0 Å². The Morgan fingerprint density at radius 3 is 2.68 bits per heavy atom. The van der Waals surface area contributed by atoms with Crippen LogP contribution in [-0.2, 0) is 25.7 Å². The van der Waals surface area contributed by atoms with Crippen molar-refractivity contribution in [2.24, 2.45) is 18.0 Å². The summed E-state index contributed by atoms with van der Waals surface area (Å²) in [6.45, 7) is 11.3. The third-order valence-corrected chi connectivity index (χ3v) is 5.96. The van der Waals surface area contributed by atoms with Crippen molar-refractivity contribution < 1.29 is 5.11 Å². The highest BCUT2D eigenvalue weighted by Crippen LogP contribution is 2.19. The molecule has 1 atom stereocenters. The van der Waals surface area contributed by atoms with Gasteiger partial charge in [0.25, 0.3) is 0 Å². The fourth-order valence-corrected chi connectivity index (χ4v) is 3.87. The predicted molar refractivity (Wildman–Crippen MR) is 126 cm³/mol. The van der Waals surface area contributed by atoms with Gasteiger partial charge >= 0.3 is 0 Å². The molecule has 1 aliphatic heterocycles. The number of hydrogen-bond donors (Lipinski definition) is 3. The van der Waals surface area contributed by atoms with Crippen LogP contribution < -0.4 is 10.6 Å². The van der Waals surface area contributed by atoms with Crippen molar-refractivity contribution in [1.29, 1.82) is 0 Å². The maximum Gasteiger partial charge on any atom is 0.191 e. The number of aliphatic imine (C=N–C) groups is 1. The minimum atomic E-state index is -1.03. The molecular formula is C24H38N6O. The van der Waals surface area contributed by atoms with Gasteiger partial charge in [-0.05, 0) is 56.8 Å². The Bertz CT molecular complexity index is 851. The molecule has 31 heavy (non-hydrogen) atoms. The van der Waals surface area contributed by atoms with E-state index < -0.39 is 5.60 Å². The van der Waals surface area contributed by atoms with Gasteiger partial charge in [0, 0.05) is 31.9 Å². The minimum Gasteiger partial charge on any atom is -0.383 e. The fraction of sp³-hybridized carbons (Fsp3) is 0.583. The molecule has 0 aliphatic carbocycles. The van der Waals surface area contributed by atoms with E-state index in [4.69, 9.17) is 4.99 Å². The van der Waals surface area contributed by atoms with Gasteiger partial charge in [-0.1, -0.05) is 31.2 Å². The fourth-order valence-electron chi connectivity index (χ4n) is 3.87. The number of nitrogens with zero attached hydrogens (tertiary/aromatic N) is 4. The first-order chi connectivity index (χ1) is 14.9. The van der Waals surface area contributed by atoms with Gasteiger partial charge in [0.05, 0.1) is 19.3 Å². The van der Waals surface area contributed by atoms with Gasteiger partial charge in [-0.2, -0.15) is 5.10 Å². The van der Waals surface area contributed by atoms with Crippen LogP contribution in [0.15, 0.2) is 41.7 Å². The normalized spacial score (nSPS) is 18.0. The second-order valence-electron chi connectivity index (χ2n) is 9.00. The maximum atomic E-state index is 10.8. The van der Waals surface area contributed by atoms with Crippen molar-refractivity contribution in [3.63, 3.8) is 0 Å². The lowest BCUT2D eigenvalue weighted by Crippen LogP contribution is -2.44. The van der Waals surface area contributed by atoms with Gasteiger partial charge in [0.15, 0.2) is 5.96 Å². The zero-order valence-electron chi connectivity index (χ0n) is 19.4. The van der Waals surface area contributed by atoms with Crippen LogP contribution in [0.2, 0.25) is 0 Å². The highest BCUT2D eigenvalue weighted by molar-refractivity contribution is 5.79. The highest BCUT2D eigenvalue weighted by Gasteiger charge is 2.25. The van der Waals surface area contributed by atoms with E-state index in [1.54, 1.807) is 17.8 Å². The standard InChI is InChI=1S/C24H38N6O/c1-5-25-23(27-18-24(3,31)22-15-28-29(4)17-22)26-14-20-7-6-8-21(13-20)16-30-11-9-19(2)10-12-30/h6-8,13,15,17,19,31H,5,9-12,14,16,18H2,1-4H3,(H2,25,26,27). The average molecular weight is 427 g/mol. The zero-order chi connectivity index (χ0) is 22.3. The first-order valence-electron chi connectivity index (χ1n) is 11.4. The minimum absolute atomic E-state index is 0.345. The summed E-state index contributed by atoms with van der Waals surface area (Å²) in [5, 5.41) is 21.5. The molecule has 7 nitrogen and oxygen atoms in total. The third kappa shape index (κ3) is 7.08. The first kappa shape index (κ1) is 23.3. The molecule has 1 unspecified atom stereocenters. The Morgan fingerprint density at radius 1 is 1.26 bits per heavy atom. The molecule has 0 spiro atoms. The SMILES string of the molecule is CCNC(=NCc1cccc(CN2CCC(C)CC2)c1)NCC(C)(O)c1cnn(C)c1. The highest BCUT2D eigenvalue weighted by atomic mass is 16.3. The zero-order valence-corrected chi connectivity index (χ0v) is 19.4. The number of hydrogen-bond acceptors (Lipinski definition) is 4. The summed E-state index contributed by atoms with van der Waals surface area (Å²) in [4.78, 5) is 7.28. The number of benzene rings is 1. The van der Waals surface area contributed by atoms with Crippen molar-refractivity contribution in [3.05, 3.63) is 53.3 Å². The van der Waals surface area contributed by atoms with E-state index in [1.807, 2.05) is 20.2 Å². The van der Waals surface area contributed by atoms with E-state index in [0.29, 0.717) is 19.0 Å². The Kier molecular flexibility index (Phi) is 8.09. The lowest BCUT2D eigenvalue weighted by Gasteiger charge is -2.30. The van der Waals surface area contributed by atoms with E-state index >= 15 is 0 Å². The van der Waals surface area contributed by atoms with Gasteiger partial charge in [0.1, 0.15) is 5.60 Å². The Hall–Kier alpha value is -2.38. The monoisotopic (exact) mass is 426 g/mol. The largest absolute Gasteiger partial charge is 0.383 e. The number of rotatable bonds is 8. The van der Waals surface area contributed by atoms with E-state index in [2.05, 4.69) is 51.8 Å². The molecule has 170 valence electrons. The molecular weight excluding hydrogens is 388 g/mol. The Labute approximate surface area is 186 Å². The number of guanidine groups is 1. The number of piperidine rings is 1. The van der Waals surface area contributed by atoms with Gasteiger partial charge < -0.3 is 15.7 Å². The lowest BCUT2D eigenvalue weighted by molar-refractivity contribution is 0.0616. The average Bonchev–Trinajstić information content (AvgIpc) is 3.19. The molecule has 0 amide bonds. The number of likely N-dealkylation sites (tertiary alicyclic amines) is 1. The molecule has 0 saturated carbocycles. The number of aromatic nitrogens is 2. The van der Waals surface area contributed by atoms with Gasteiger partial charge in [0.2, 0.25) is 0 Å². The molecule has 2 aromatic rings. The van der Waals surface area contributed by atoms with Crippen LogP contribution in [0.3, 0.4) is 0 Å². The van der Waals surface area contributed by atoms with E-state index in [9.17, 15) is 5.11 Å². The summed E-state index contributed by atoms with van der Waals surface area (Å²) in [6, 6.07) is 8.72. The van der Waals surface area contributed by atoms with Crippen LogP contribution in [0.25, 0.3) is 0 Å². The van der Waals surface area contributed by atoms with E-state index in [-0.39, 0.29) is 0 Å². The topological polar surface area (TPSA) is 77.7 Å². The van der Waals surface area contributed by atoms with Gasteiger partial charge in [-0.15, -0.1) is 0 Å². The molecule has 0 bridgehead atoms. The lowest BCUT2D eigenvalue weighted by atomic mass is 9.98. The summed E-state index contributed by atoms with van der Waals surface area (Å²) < 4.78 is 1.69. The van der Waals surface area contributed by atoms with Crippen LogP contribution >= 0.6 is 0 Å². The molecule has 1 aliphatic rings. The summed E-state index contributed by atoms with van der Waals surface area (Å²) in [5.74, 6) is 1.55. The first-order valence-corrected chi connectivity index (χ1v) is 11.4. The van der Waals surface area contributed by atoms with Gasteiger partial charge in [-0.25, -0.2) is 4.99 Å². The molecule has 1 fully saturated rings. The van der Waals surface area contributed by atoms with E-state index in [1.165, 1.54) is 37.1 Å². The van der Waals surface area contributed by atoms with Crippen LogP contribution in [0, 0.1) is 5.92 Å². The second-order valence-corrected chi connectivity index (χ2v) is 9.00. The smallest absolute Gasteiger partial charge is 0.191 e. The number of aliphatic hydroxyl groups is 1. The van der Waals surface area contributed by atoms with Crippen molar-refractivity contribution >= 4 is 5.96 Å². The van der Waals surface area contributed by atoms with E-state index in [0.717, 1.165) is 24.6 Å². The molecule has 3 rings (SSSR count). The Morgan fingerprint density at radius 2 is 2.00 bits per heavy atom. The second kappa shape index (κ2) is 10.8. The van der Waals surface area contributed by atoms with Crippen molar-refractivity contribution in [2.75, 3.05) is 26.2 Å². The quantitative estimate of drug-likeness (QED) is 0.447. The Balaban J connectivity index is 1.58.